The Labute approximate surface area is 153 Å². The van der Waals surface area contributed by atoms with Crippen LogP contribution in [0.2, 0.25) is 0 Å². The third-order valence-electron chi connectivity index (χ3n) is 3.80. The summed E-state index contributed by atoms with van der Waals surface area (Å²) in [7, 11) is 1.61. The van der Waals surface area contributed by atoms with Crippen molar-refractivity contribution in [2.45, 2.75) is 0 Å². The van der Waals surface area contributed by atoms with Crippen molar-refractivity contribution < 1.29 is 18.8 Å². The highest BCUT2D eigenvalue weighted by molar-refractivity contribution is 5.73. The molecule has 3 heterocycles. The molecule has 0 N–H and O–H groups in total. The molecule has 0 saturated carbocycles. The van der Waals surface area contributed by atoms with Crippen LogP contribution < -0.4 is 4.74 Å². The molecule has 0 aliphatic carbocycles. The lowest BCUT2D eigenvalue weighted by atomic mass is 10.1. The Morgan fingerprint density at radius 3 is 2.85 bits per heavy atom. The van der Waals surface area contributed by atoms with E-state index < -0.39 is 0 Å². The van der Waals surface area contributed by atoms with Crippen LogP contribution in [0.5, 0.6) is 5.75 Å². The zero-order valence-electron chi connectivity index (χ0n) is 14.4. The van der Waals surface area contributed by atoms with Crippen LogP contribution in [0.3, 0.4) is 0 Å². The third kappa shape index (κ3) is 3.53. The van der Waals surface area contributed by atoms with Crippen molar-refractivity contribution in [2.75, 3.05) is 20.3 Å². The van der Waals surface area contributed by atoms with Crippen LogP contribution in [0.15, 0.2) is 47.2 Å². The van der Waals surface area contributed by atoms with E-state index in [4.69, 9.17) is 14.0 Å². The van der Waals surface area contributed by atoms with Gasteiger partial charge in [-0.1, -0.05) is 5.16 Å². The van der Waals surface area contributed by atoms with E-state index in [1.807, 2.05) is 30.5 Å². The first-order valence-electron chi connectivity index (χ1n) is 8.13. The quantitative estimate of drug-likeness (QED) is 0.363. The lowest BCUT2D eigenvalue weighted by Crippen LogP contribution is -2.04. The molecule has 9 nitrogen and oxygen atoms in total. The zero-order valence-corrected chi connectivity index (χ0v) is 14.4. The van der Waals surface area contributed by atoms with E-state index in [0.717, 1.165) is 11.2 Å². The van der Waals surface area contributed by atoms with Crippen LogP contribution in [0.1, 0.15) is 10.7 Å². The molecular formula is C18H15N5O4. The van der Waals surface area contributed by atoms with Crippen LogP contribution in [0.25, 0.3) is 28.3 Å². The second-order valence-electron chi connectivity index (χ2n) is 5.61. The predicted molar refractivity (Wildman–Crippen MR) is 94.5 cm³/mol. The molecule has 0 spiro atoms. The van der Waals surface area contributed by atoms with Gasteiger partial charge >= 0.3 is 0 Å². The van der Waals surface area contributed by atoms with Gasteiger partial charge in [0, 0.05) is 24.4 Å². The zero-order chi connectivity index (χ0) is 18.6. The molecule has 0 aliphatic rings. The molecule has 0 radical (unpaired) electrons. The highest BCUT2D eigenvalue weighted by Gasteiger charge is 2.14. The summed E-state index contributed by atoms with van der Waals surface area (Å²) in [6, 6.07) is 9.17. The first-order valence-corrected chi connectivity index (χ1v) is 8.13. The molecule has 0 bridgehead atoms. The average molecular weight is 365 g/mol. The number of hydrogen-bond acceptors (Lipinski definition) is 8. The number of carbonyl (C=O) groups excluding carboxylic acids is 1. The van der Waals surface area contributed by atoms with E-state index in [2.05, 4.69) is 20.2 Å². The number of nitrogens with zero attached hydrogens (tertiary/aromatic N) is 5. The van der Waals surface area contributed by atoms with Crippen molar-refractivity contribution in [1.82, 2.24) is 24.7 Å². The van der Waals surface area contributed by atoms with E-state index in [1.54, 1.807) is 23.9 Å². The minimum atomic E-state index is -0.0887. The summed E-state index contributed by atoms with van der Waals surface area (Å²) in [5.41, 5.74) is 2.87. The van der Waals surface area contributed by atoms with Crippen LogP contribution in [0.4, 0.5) is 0 Å². The van der Waals surface area contributed by atoms with Gasteiger partial charge in [-0.3, -0.25) is 4.79 Å². The Kier molecular flexibility index (Phi) is 4.58. The van der Waals surface area contributed by atoms with Crippen molar-refractivity contribution in [3.63, 3.8) is 0 Å². The largest absolute Gasteiger partial charge is 0.491 e. The number of ether oxygens (including phenoxy) is 2. The molecule has 4 aromatic rings. The van der Waals surface area contributed by atoms with E-state index in [-0.39, 0.29) is 11.7 Å². The first-order chi connectivity index (χ1) is 13.3. The van der Waals surface area contributed by atoms with E-state index >= 15 is 0 Å². The van der Waals surface area contributed by atoms with Crippen molar-refractivity contribution >= 4 is 11.9 Å². The molecule has 0 atom stereocenters. The molecule has 1 aromatic carbocycles. The maximum absolute atomic E-state index is 10.8. The Balaban J connectivity index is 1.77. The Morgan fingerprint density at radius 1 is 1.19 bits per heavy atom. The Hall–Kier alpha value is -3.59. The van der Waals surface area contributed by atoms with Crippen LogP contribution in [-0.2, 0) is 4.74 Å². The van der Waals surface area contributed by atoms with Gasteiger partial charge in [-0.15, -0.1) is 0 Å². The first kappa shape index (κ1) is 16.9. The number of hydrogen-bond donors (Lipinski definition) is 0. The molecule has 0 unspecified atom stereocenters. The molecule has 3 aromatic heterocycles. The van der Waals surface area contributed by atoms with Gasteiger partial charge in [-0.05, 0) is 30.3 Å². The summed E-state index contributed by atoms with van der Waals surface area (Å²) in [5.74, 6) is 0.800. The van der Waals surface area contributed by atoms with Gasteiger partial charge in [-0.25, -0.2) is 9.50 Å². The molecule has 0 saturated heterocycles. The van der Waals surface area contributed by atoms with Gasteiger partial charge < -0.3 is 14.0 Å². The molecule has 0 amide bonds. The van der Waals surface area contributed by atoms with Crippen molar-refractivity contribution in [2.24, 2.45) is 0 Å². The van der Waals surface area contributed by atoms with E-state index in [1.165, 1.54) is 0 Å². The third-order valence-corrected chi connectivity index (χ3v) is 3.80. The van der Waals surface area contributed by atoms with Crippen LogP contribution in [-0.4, -0.2) is 51.3 Å². The summed E-state index contributed by atoms with van der Waals surface area (Å²) in [4.78, 5) is 19.5. The fraction of sp³-hybridized carbons (Fsp3) is 0.167. The summed E-state index contributed by atoms with van der Waals surface area (Å²) >= 11 is 0. The highest BCUT2D eigenvalue weighted by atomic mass is 16.5. The van der Waals surface area contributed by atoms with Crippen molar-refractivity contribution in [1.29, 1.82) is 0 Å². The van der Waals surface area contributed by atoms with Gasteiger partial charge in [-0.2, -0.15) is 10.1 Å². The Morgan fingerprint density at radius 2 is 2.07 bits per heavy atom. The standard InChI is InChI=1S/C18H15N5O4/c1-25-5-6-26-14-8-12(15-10-23-16(20-15)3-2-4-19-23)7-13(9-14)18-21-17(11-24)27-22-18/h2-4,7-11H,5-6H2,1H3. The van der Waals surface area contributed by atoms with Gasteiger partial charge in [0.1, 0.15) is 12.4 Å². The van der Waals surface area contributed by atoms with E-state index in [9.17, 15) is 4.79 Å². The number of aromatic nitrogens is 5. The number of methoxy groups -OCH3 is 1. The molecular weight excluding hydrogens is 350 g/mol. The predicted octanol–water partition coefficient (Wildman–Crippen LogP) is 2.28. The molecule has 4 rings (SSSR count). The molecule has 9 heteroatoms. The monoisotopic (exact) mass is 365 g/mol. The summed E-state index contributed by atoms with van der Waals surface area (Å²) in [5, 5.41) is 8.07. The summed E-state index contributed by atoms with van der Waals surface area (Å²) < 4.78 is 17.3. The molecule has 0 aliphatic heterocycles. The maximum Gasteiger partial charge on any atom is 0.291 e. The second kappa shape index (κ2) is 7.34. The number of fused-ring (bicyclic) bond motifs is 1. The van der Waals surface area contributed by atoms with Gasteiger partial charge in [0.05, 0.1) is 18.5 Å². The lowest BCUT2D eigenvalue weighted by molar-refractivity contribution is 0.108. The minimum Gasteiger partial charge on any atom is -0.491 e. The molecule has 136 valence electrons. The fourth-order valence-electron chi connectivity index (χ4n) is 2.57. The van der Waals surface area contributed by atoms with E-state index in [0.29, 0.717) is 36.5 Å². The van der Waals surface area contributed by atoms with Gasteiger partial charge in [0.25, 0.3) is 5.89 Å². The van der Waals surface area contributed by atoms with Crippen LogP contribution >= 0.6 is 0 Å². The fourth-order valence-corrected chi connectivity index (χ4v) is 2.57. The van der Waals surface area contributed by atoms with Gasteiger partial charge in [0.15, 0.2) is 5.65 Å². The number of imidazole rings is 1. The molecule has 0 fully saturated rings. The SMILES string of the molecule is COCCOc1cc(-c2cn3ncccc3n2)cc(-c2noc(C=O)n2)c1. The summed E-state index contributed by atoms with van der Waals surface area (Å²) in [6.07, 6.45) is 4.01. The number of benzene rings is 1. The van der Waals surface area contributed by atoms with Crippen molar-refractivity contribution in [3.05, 3.63) is 48.6 Å². The lowest BCUT2D eigenvalue weighted by Gasteiger charge is -2.09. The number of carbonyl (C=O) groups is 1. The Bertz CT molecular complexity index is 1060. The smallest absolute Gasteiger partial charge is 0.291 e. The van der Waals surface area contributed by atoms with Crippen LogP contribution in [0, 0.1) is 0 Å². The molecule has 27 heavy (non-hydrogen) atoms. The average Bonchev–Trinajstić information content (AvgIpc) is 3.35. The summed E-state index contributed by atoms with van der Waals surface area (Å²) in [6.45, 7) is 0.841. The maximum atomic E-state index is 10.8. The number of aldehydes is 1. The van der Waals surface area contributed by atoms with Gasteiger partial charge in [0.2, 0.25) is 12.1 Å². The number of rotatable bonds is 7. The normalized spacial score (nSPS) is 11.0. The topological polar surface area (TPSA) is 105 Å². The minimum absolute atomic E-state index is 0.0887. The highest BCUT2D eigenvalue weighted by Crippen LogP contribution is 2.30. The van der Waals surface area contributed by atoms with Crippen molar-refractivity contribution in [3.8, 4) is 28.4 Å². The second-order valence-corrected chi connectivity index (χ2v) is 5.61.